The first kappa shape index (κ1) is 12.6. The molecule has 0 aliphatic heterocycles. The van der Waals surface area contributed by atoms with Gasteiger partial charge in [0.2, 0.25) is 0 Å². The zero-order chi connectivity index (χ0) is 11.4. The summed E-state index contributed by atoms with van der Waals surface area (Å²) in [6.07, 6.45) is 0. The number of thiol groups is 1. The second-order valence-electron chi connectivity index (χ2n) is 3.10. The average Bonchev–Trinajstić information content (AvgIpc) is 2.20. The molecule has 0 N–H and O–H groups in total. The molecule has 0 aliphatic rings. The first-order valence-corrected chi connectivity index (χ1v) is 6.06. The lowest BCUT2D eigenvalue weighted by Crippen LogP contribution is -2.09. The lowest BCUT2D eigenvalue weighted by Gasteiger charge is -2.08. The molecule has 0 spiro atoms. The molecule has 0 aromatic heterocycles. The maximum absolute atomic E-state index is 11.6. The lowest BCUT2D eigenvalue weighted by molar-refractivity contribution is 0.0995. The van der Waals surface area contributed by atoms with Crippen LogP contribution in [0.4, 0.5) is 0 Å². The summed E-state index contributed by atoms with van der Waals surface area (Å²) in [5.41, 5.74) is 0.646. The molecule has 82 valence electrons. The van der Waals surface area contributed by atoms with E-state index in [-0.39, 0.29) is 10.6 Å². The van der Waals surface area contributed by atoms with Crippen LogP contribution in [-0.2, 0) is 0 Å². The predicted molar refractivity (Wildman–Crippen MR) is 67.6 cm³/mol. The van der Waals surface area contributed by atoms with Gasteiger partial charge in [0, 0.05) is 10.5 Å². The number of hydrogen-bond donors (Lipinski definition) is 1. The lowest BCUT2D eigenvalue weighted by atomic mass is 10.1. The van der Waals surface area contributed by atoms with Gasteiger partial charge in [-0.2, -0.15) is 0 Å². The summed E-state index contributed by atoms with van der Waals surface area (Å²) in [7, 11) is 0. The Morgan fingerprint density at radius 1 is 1.60 bits per heavy atom. The van der Waals surface area contributed by atoms with Gasteiger partial charge in [0.25, 0.3) is 0 Å². The van der Waals surface area contributed by atoms with Crippen molar-refractivity contribution in [3.63, 3.8) is 0 Å². The number of halogens is 1. The number of hydrogen-bond acceptors (Lipinski definition) is 3. The number of alkyl halides is 1. The molecule has 4 heteroatoms. The monoisotopic (exact) mass is 288 g/mol. The fraction of sp³-hybridized carbons (Fsp3) is 0.364. The van der Waals surface area contributed by atoms with E-state index in [1.54, 1.807) is 25.1 Å². The number of Topliss-reactive ketones (excluding diaryl/α,β-unsaturated/α-hetero) is 1. The Kier molecular flexibility index (Phi) is 4.67. The molecule has 0 radical (unpaired) electrons. The number of ether oxygens (including phenoxy) is 1. The van der Waals surface area contributed by atoms with E-state index in [2.05, 4.69) is 28.6 Å². The molecule has 0 bridgehead atoms. The van der Waals surface area contributed by atoms with Crippen LogP contribution in [0.2, 0.25) is 0 Å². The normalized spacial score (nSPS) is 12.3. The molecular weight excluding hydrogens is 276 g/mol. The van der Waals surface area contributed by atoms with E-state index in [1.165, 1.54) is 0 Å². The largest absolute Gasteiger partial charge is 0.493 e. The molecule has 0 aliphatic carbocycles. The van der Waals surface area contributed by atoms with E-state index in [4.69, 9.17) is 4.74 Å². The minimum atomic E-state index is -0.178. The van der Waals surface area contributed by atoms with E-state index in [0.717, 1.165) is 0 Å². The highest BCUT2D eigenvalue weighted by Gasteiger charge is 2.13. The molecule has 0 heterocycles. The Morgan fingerprint density at radius 2 is 2.27 bits per heavy atom. The highest BCUT2D eigenvalue weighted by molar-refractivity contribution is 9.10. The number of ketones is 1. The standard InChI is InChI=1S/C11H13BrO2S/c1-3-14-9-5-4-8(6-10(9)15)11(13)7(2)12/h4-7,15H,3H2,1-2H3. The highest BCUT2D eigenvalue weighted by Crippen LogP contribution is 2.24. The van der Waals surface area contributed by atoms with Crippen LogP contribution in [0, 0.1) is 0 Å². The third kappa shape index (κ3) is 3.24. The maximum atomic E-state index is 11.6. The van der Waals surface area contributed by atoms with Crippen molar-refractivity contribution < 1.29 is 9.53 Å². The van der Waals surface area contributed by atoms with Crippen LogP contribution in [0.25, 0.3) is 0 Å². The van der Waals surface area contributed by atoms with Crippen molar-refractivity contribution in [2.75, 3.05) is 6.61 Å². The first-order valence-electron chi connectivity index (χ1n) is 4.70. The van der Waals surface area contributed by atoms with Crippen molar-refractivity contribution in [1.82, 2.24) is 0 Å². The van der Waals surface area contributed by atoms with E-state index < -0.39 is 0 Å². The van der Waals surface area contributed by atoms with Crippen molar-refractivity contribution in [2.45, 2.75) is 23.6 Å². The molecule has 1 atom stereocenters. The Morgan fingerprint density at radius 3 is 2.73 bits per heavy atom. The number of carbonyl (C=O) groups is 1. The average molecular weight is 289 g/mol. The minimum absolute atomic E-state index is 0.0494. The second-order valence-corrected chi connectivity index (χ2v) is 4.95. The Bertz CT molecular complexity index is 364. The van der Waals surface area contributed by atoms with Gasteiger partial charge in [-0.1, -0.05) is 15.9 Å². The van der Waals surface area contributed by atoms with Gasteiger partial charge in [-0.15, -0.1) is 12.6 Å². The Labute approximate surface area is 104 Å². The molecule has 1 aromatic rings. The molecule has 1 aromatic carbocycles. The third-order valence-corrected chi connectivity index (χ3v) is 2.67. The SMILES string of the molecule is CCOc1ccc(C(=O)C(C)Br)cc1S. The molecule has 0 saturated carbocycles. The minimum Gasteiger partial charge on any atom is -0.493 e. The summed E-state index contributed by atoms with van der Waals surface area (Å²) in [4.78, 5) is 12.2. The third-order valence-electron chi connectivity index (χ3n) is 1.90. The number of carbonyl (C=O) groups excluding carboxylic acids is 1. The van der Waals surface area contributed by atoms with Crippen LogP contribution >= 0.6 is 28.6 Å². The highest BCUT2D eigenvalue weighted by atomic mass is 79.9. The molecule has 2 nitrogen and oxygen atoms in total. The summed E-state index contributed by atoms with van der Waals surface area (Å²) in [6, 6.07) is 5.26. The maximum Gasteiger partial charge on any atom is 0.176 e. The second kappa shape index (κ2) is 5.56. The van der Waals surface area contributed by atoms with Crippen LogP contribution in [0.3, 0.4) is 0 Å². The van der Waals surface area contributed by atoms with Gasteiger partial charge in [0.05, 0.1) is 11.4 Å². The van der Waals surface area contributed by atoms with Crippen molar-refractivity contribution >= 4 is 34.3 Å². The van der Waals surface area contributed by atoms with Crippen LogP contribution in [0.15, 0.2) is 23.1 Å². The Hall–Kier alpha value is -0.480. The molecule has 0 saturated heterocycles. The summed E-state index contributed by atoms with van der Waals surface area (Å²) in [5.74, 6) is 0.757. The van der Waals surface area contributed by atoms with Gasteiger partial charge in [0.15, 0.2) is 5.78 Å². The van der Waals surface area contributed by atoms with Crippen LogP contribution in [-0.4, -0.2) is 17.2 Å². The van der Waals surface area contributed by atoms with Crippen LogP contribution in [0.5, 0.6) is 5.75 Å². The first-order chi connectivity index (χ1) is 7.06. The van der Waals surface area contributed by atoms with Crippen molar-refractivity contribution in [3.05, 3.63) is 23.8 Å². The van der Waals surface area contributed by atoms with Gasteiger partial charge in [-0.25, -0.2) is 0 Å². The number of rotatable bonds is 4. The fourth-order valence-corrected chi connectivity index (χ4v) is 1.72. The van der Waals surface area contributed by atoms with Gasteiger partial charge in [-0.3, -0.25) is 4.79 Å². The summed E-state index contributed by atoms with van der Waals surface area (Å²) in [5, 5.41) is 0. The predicted octanol–water partition coefficient (Wildman–Crippen LogP) is 3.34. The van der Waals surface area contributed by atoms with E-state index in [0.29, 0.717) is 22.8 Å². The zero-order valence-corrected chi connectivity index (χ0v) is 11.1. The van der Waals surface area contributed by atoms with Crippen molar-refractivity contribution in [3.8, 4) is 5.75 Å². The molecule has 15 heavy (non-hydrogen) atoms. The van der Waals surface area contributed by atoms with Crippen molar-refractivity contribution in [1.29, 1.82) is 0 Å². The van der Waals surface area contributed by atoms with Gasteiger partial charge >= 0.3 is 0 Å². The molecular formula is C11H13BrO2S. The molecule has 0 amide bonds. The molecule has 1 unspecified atom stereocenters. The number of benzene rings is 1. The van der Waals surface area contributed by atoms with Gasteiger partial charge in [0.1, 0.15) is 5.75 Å². The quantitative estimate of drug-likeness (QED) is 0.523. The smallest absolute Gasteiger partial charge is 0.176 e. The fourth-order valence-electron chi connectivity index (χ4n) is 1.18. The zero-order valence-electron chi connectivity index (χ0n) is 8.66. The van der Waals surface area contributed by atoms with E-state index >= 15 is 0 Å². The van der Waals surface area contributed by atoms with Crippen molar-refractivity contribution in [2.24, 2.45) is 0 Å². The molecule has 0 fully saturated rings. The van der Waals surface area contributed by atoms with Gasteiger partial charge < -0.3 is 4.74 Å². The summed E-state index contributed by atoms with van der Waals surface area (Å²) >= 11 is 7.52. The van der Waals surface area contributed by atoms with E-state index in [1.807, 2.05) is 6.92 Å². The topological polar surface area (TPSA) is 26.3 Å². The molecule has 1 rings (SSSR count). The summed E-state index contributed by atoms with van der Waals surface area (Å²) in [6.45, 7) is 4.31. The Balaban J connectivity index is 2.96. The van der Waals surface area contributed by atoms with E-state index in [9.17, 15) is 4.79 Å². The summed E-state index contributed by atoms with van der Waals surface area (Å²) < 4.78 is 5.33. The van der Waals surface area contributed by atoms with Crippen LogP contribution < -0.4 is 4.74 Å². The van der Waals surface area contributed by atoms with Gasteiger partial charge in [-0.05, 0) is 32.0 Å². The van der Waals surface area contributed by atoms with Crippen LogP contribution in [0.1, 0.15) is 24.2 Å².